The number of thioether (sulfide) groups is 1. The van der Waals surface area contributed by atoms with Gasteiger partial charge in [0, 0.05) is 92.9 Å². The van der Waals surface area contributed by atoms with E-state index in [0.29, 0.717) is 34.3 Å². The third-order valence-corrected chi connectivity index (χ3v) is 11.6. The number of alkyl halides is 3. The van der Waals surface area contributed by atoms with Gasteiger partial charge in [0.15, 0.2) is 6.61 Å². The van der Waals surface area contributed by atoms with Crippen LogP contribution >= 0.6 is 11.8 Å². The number of carbonyl (C=O) groups is 1. The van der Waals surface area contributed by atoms with E-state index in [-0.39, 0.29) is 22.9 Å². The predicted octanol–water partition coefficient (Wildman–Crippen LogP) is 8.62. The van der Waals surface area contributed by atoms with Gasteiger partial charge in [-0.1, -0.05) is 24.3 Å². The lowest BCUT2D eigenvalue weighted by atomic mass is 10.0. The number of halogens is 5. The molecule has 3 aromatic heterocycles. The number of para-hydroxylation sites is 1. The van der Waals surface area contributed by atoms with Gasteiger partial charge in [0.2, 0.25) is 5.95 Å². The van der Waals surface area contributed by atoms with Crippen LogP contribution in [0, 0.1) is 11.6 Å². The van der Waals surface area contributed by atoms with Gasteiger partial charge in [0.1, 0.15) is 28.7 Å². The molecule has 0 aliphatic carbocycles. The Kier molecular flexibility index (Phi) is 12.7. The van der Waals surface area contributed by atoms with Crippen molar-refractivity contribution >= 4 is 46.3 Å². The van der Waals surface area contributed by atoms with Gasteiger partial charge in [-0.25, -0.2) is 23.7 Å². The molecule has 2 aliphatic heterocycles. The van der Waals surface area contributed by atoms with Crippen molar-refractivity contribution < 1.29 is 31.5 Å². The lowest BCUT2D eigenvalue weighted by Gasteiger charge is -2.43. The summed E-state index contributed by atoms with van der Waals surface area (Å²) in [5, 5.41) is 5.40. The Morgan fingerprint density at radius 1 is 0.885 bits per heavy atom. The van der Waals surface area contributed by atoms with Crippen molar-refractivity contribution in [3.63, 3.8) is 0 Å². The molecule has 0 atom stereocenters. The summed E-state index contributed by atoms with van der Waals surface area (Å²) in [5.74, 6) is -1.31. The Bertz CT molecular complexity index is 2470. The number of benzene rings is 3. The Morgan fingerprint density at radius 3 is 2.41 bits per heavy atom. The zero-order valence-electron chi connectivity index (χ0n) is 33.3. The largest absolute Gasteiger partial charge is 0.482 e. The minimum atomic E-state index is -4.56. The molecule has 3 aromatic carbocycles. The minimum Gasteiger partial charge on any atom is -0.482 e. The maximum absolute atomic E-state index is 14.4. The van der Waals surface area contributed by atoms with E-state index in [4.69, 9.17) is 14.7 Å². The fourth-order valence-electron chi connectivity index (χ4n) is 7.88. The number of aromatic nitrogens is 4. The zero-order chi connectivity index (χ0) is 42.5. The molecule has 2 aliphatic rings. The summed E-state index contributed by atoms with van der Waals surface area (Å²) in [7, 11) is 0. The van der Waals surface area contributed by atoms with Crippen LogP contribution in [0.2, 0.25) is 0 Å². The molecule has 2 fully saturated rings. The first-order valence-electron chi connectivity index (χ1n) is 20.0. The standard InChI is InChI=1S/C44H44F5N9O2S/c1-61-25-24-55-20-22-57(23-21-55)31-14-18-56(19-15-31)32-11-12-35(37(27-32)60-28-44(47,48)49)51-43-50-16-13-36(52-43)41-39(53-38-10-2-3-17-58(38)41)29-6-4-7-30(26-29)42(59)54-40-33(45)8-5-9-34(40)46/h2-13,16-17,26-27,31H,14-15,18-25,28H2,1H3,(H,54,59)(H,50,51,52). The fraction of sp³-hybridized carbons (Fsp3) is 0.318. The molecule has 61 heavy (non-hydrogen) atoms. The maximum Gasteiger partial charge on any atom is 0.422 e. The van der Waals surface area contributed by atoms with E-state index in [2.05, 4.69) is 36.6 Å². The number of amides is 1. The van der Waals surface area contributed by atoms with Gasteiger partial charge in [-0.3, -0.25) is 19.0 Å². The number of nitrogens with zero attached hydrogens (tertiary/aromatic N) is 7. The molecule has 0 saturated carbocycles. The Hall–Kier alpha value is -5.78. The number of hydrogen-bond acceptors (Lipinski definition) is 10. The first-order chi connectivity index (χ1) is 29.5. The number of hydrogen-bond donors (Lipinski definition) is 2. The maximum atomic E-state index is 14.4. The van der Waals surface area contributed by atoms with Gasteiger partial charge in [-0.15, -0.1) is 0 Å². The molecule has 318 valence electrons. The topological polar surface area (TPSA) is 103 Å². The molecule has 11 nitrogen and oxygen atoms in total. The van der Waals surface area contributed by atoms with E-state index in [1.807, 2.05) is 34.4 Å². The third-order valence-electron chi connectivity index (χ3n) is 11.0. The van der Waals surface area contributed by atoms with Gasteiger partial charge in [0.05, 0.1) is 22.8 Å². The molecule has 1 amide bonds. The normalized spacial score (nSPS) is 15.6. The number of nitrogens with one attached hydrogen (secondary N) is 2. The number of piperidine rings is 1. The van der Waals surface area contributed by atoms with Crippen LogP contribution in [0.5, 0.6) is 5.75 Å². The third kappa shape index (κ3) is 9.90. The molecule has 0 radical (unpaired) electrons. The number of rotatable bonds is 13. The summed E-state index contributed by atoms with van der Waals surface area (Å²) in [4.78, 5) is 34.5. The van der Waals surface area contributed by atoms with Gasteiger partial charge in [-0.05, 0) is 73.7 Å². The predicted molar refractivity (Wildman–Crippen MR) is 229 cm³/mol. The summed E-state index contributed by atoms with van der Waals surface area (Å²) in [6.45, 7) is 5.41. The quantitative estimate of drug-likeness (QED) is 0.110. The molecule has 0 bridgehead atoms. The molecule has 8 rings (SSSR count). The molecule has 0 spiro atoms. The number of pyridine rings is 1. The van der Waals surface area contributed by atoms with Crippen LogP contribution < -0.4 is 20.3 Å². The van der Waals surface area contributed by atoms with Crippen molar-refractivity contribution in [1.82, 2.24) is 29.2 Å². The number of piperazine rings is 1. The number of carbonyl (C=O) groups excluding carboxylic acids is 1. The molecule has 0 unspecified atom stereocenters. The van der Waals surface area contributed by atoms with E-state index in [1.54, 1.807) is 48.7 Å². The molecule has 17 heteroatoms. The van der Waals surface area contributed by atoms with Crippen molar-refractivity contribution in [3.8, 4) is 28.4 Å². The van der Waals surface area contributed by atoms with Crippen molar-refractivity contribution in [2.45, 2.75) is 25.1 Å². The highest BCUT2D eigenvalue weighted by Crippen LogP contribution is 2.36. The van der Waals surface area contributed by atoms with E-state index < -0.39 is 36.0 Å². The van der Waals surface area contributed by atoms with Crippen molar-refractivity contribution in [3.05, 3.63) is 115 Å². The number of ether oxygens (including phenoxy) is 1. The average molecular weight is 858 g/mol. The summed E-state index contributed by atoms with van der Waals surface area (Å²) >= 11 is 1.87. The van der Waals surface area contributed by atoms with Crippen LogP contribution in [0.4, 0.5) is 45.0 Å². The van der Waals surface area contributed by atoms with E-state index >= 15 is 0 Å². The lowest BCUT2D eigenvalue weighted by Crippen LogP contribution is -2.53. The molecular formula is C44H44F5N9O2S. The SMILES string of the molecule is CSCCN1CCN(C2CCN(c3ccc(Nc4nccc(-c5c(-c6cccc(C(=O)Nc7c(F)cccc7F)c6)nc6ccccn56)n4)c(OCC(F)(F)F)c3)CC2)CC1. The number of anilines is 4. The zero-order valence-corrected chi connectivity index (χ0v) is 34.2. The van der Waals surface area contributed by atoms with Crippen LogP contribution in [0.15, 0.2) is 97.3 Å². The van der Waals surface area contributed by atoms with E-state index in [1.165, 1.54) is 18.3 Å². The van der Waals surface area contributed by atoms with Crippen molar-refractivity contribution in [1.29, 1.82) is 0 Å². The highest BCUT2D eigenvalue weighted by atomic mass is 32.2. The Labute approximate surface area is 354 Å². The van der Waals surface area contributed by atoms with Crippen LogP contribution in [0.25, 0.3) is 28.3 Å². The second kappa shape index (κ2) is 18.5. The second-order valence-corrected chi connectivity index (χ2v) is 15.9. The molecule has 6 aromatic rings. The second-order valence-electron chi connectivity index (χ2n) is 14.9. The van der Waals surface area contributed by atoms with Gasteiger partial charge in [-0.2, -0.15) is 24.9 Å². The summed E-state index contributed by atoms with van der Waals surface area (Å²) in [6.07, 6.45) is 2.80. The van der Waals surface area contributed by atoms with E-state index in [0.717, 1.165) is 82.2 Å². The van der Waals surface area contributed by atoms with Crippen LogP contribution in [0.1, 0.15) is 23.2 Å². The van der Waals surface area contributed by atoms with Crippen molar-refractivity contribution in [2.75, 3.05) is 80.0 Å². The minimum absolute atomic E-state index is 0.00756. The molecule has 2 saturated heterocycles. The molecular weight excluding hydrogens is 814 g/mol. The Morgan fingerprint density at radius 2 is 1.66 bits per heavy atom. The lowest BCUT2D eigenvalue weighted by molar-refractivity contribution is -0.153. The molecule has 5 heterocycles. The van der Waals surface area contributed by atoms with Crippen molar-refractivity contribution in [2.24, 2.45) is 0 Å². The highest BCUT2D eigenvalue weighted by Gasteiger charge is 2.31. The summed E-state index contributed by atoms with van der Waals surface area (Å²) in [5.41, 5.74) is 3.05. The highest BCUT2D eigenvalue weighted by molar-refractivity contribution is 7.98. The first kappa shape index (κ1) is 41.9. The van der Waals surface area contributed by atoms with Gasteiger partial charge >= 0.3 is 6.18 Å². The van der Waals surface area contributed by atoms with Gasteiger partial charge < -0.3 is 20.3 Å². The van der Waals surface area contributed by atoms with Crippen LogP contribution in [-0.4, -0.2) is 112 Å². The smallest absolute Gasteiger partial charge is 0.422 e. The van der Waals surface area contributed by atoms with Crippen LogP contribution in [0.3, 0.4) is 0 Å². The number of fused-ring (bicyclic) bond motifs is 1. The van der Waals surface area contributed by atoms with Gasteiger partial charge in [0.25, 0.3) is 5.91 Å². The molecule has 2 N–H and O–H groups in total. The summed E-state index contributed by atoms with van der Waals surface area (Å²) < 4.78 is 76.5. The average Bonchev–Trinajstić information content (AvgIpc) is 3.67. The fourth-order valence-corrected chi connectivity index (χ4v) is 8.32. The summed E-state index contributed by atoms with van der Waals surface area (Å²) in [6, 6.07) is 22.5. The monoisotopic (exact) mass is 857 g/mol. The Balaban J connectivity index is 1.03. The van der Waals surface area contributed by atoms with E-state index in [9.17, 15) is 26.7 Å². The van der Waals surface area contributed by atoms with Crippen LogP contribution in [-0.2, 0) is 0 Å². The first-order valence-corrected chi connectivity index (χ1v) is 21.4. The number of imidazole rings is 1.